The van der Waals surface area contributed by atoms with Crippen LogP contribution in [0.5, 0.6) is 0 Å². The Balaban J connectivity index is 1.23. The maximum Gasteiger partial charge on any atom is 0.254 e. The van der Waals surface area contributed by atoms with Crippen molar-refractivity contribution < 1.29 is 0 Å². The van der Waals surface area contributed by atoms with Crippen LogP contribution in [0.3, 0.4) is 0 Å². The van der Waals surface area contributed by atoms with Gasteiger partial charge in [-0.05, 0) is 134 Å². The van der Waals surface area contributed by atoms with Crippen molar-refractivity contribution in [3.05, 3.63) is 199 Å². The molecule has 0 N–H and O–H groups in total. The van der Waals surface area contributed by atoms with Crippen molar-refractivity contribution >= 4 is 90.7 Å². The van der Waals surface area contributed by atoms with Crippen molar-refractivity contribution in [2.75, 3.05) is 14.7 Å². The molecule has 4 nitrogen and oxygen atoms in total. The maximum atomic E-state index is 2.55. The van der Waals surface area contributed by atoms with Crippen LogP contribution in [0.15, 0.2) is 182 Å². The Morgan fingerprint density at radius 1 is 0.431 bits per heavy atom. The zero-order chi connectivity index (χ0) is 45.0. The topological polar surface area (TPSA) is 14.1 Å². The number of pyridine rings is 1. The molecule has 0 saturated heterocycles. The standard InChI is InChI=1S/C60H57BN4/c1-58(2,3)41-27-30-46(31-28-41)63(52-26-18-20-40-19-16-17-25-49(40)52)48-33-34-50-53(38-48)64(44-21-12-10-13-22-44)54-35-43(60(7,8)9)36-55-56(54)61(50)51-37-47-32-29-42(59(4,5)6)39-62(47)57(51)65(55)45-23-14-11-15-24-45/h10-39H,1-9H3. The van der Waals surface area contributed by atoms with E-state index in [1.54, 1.807) is 0 Å². The van der Waals surface area contributed by atoms with Crippen molar-refractivity contribution in [3.8, 4) is 0 Å². The van der Waals surface area contributed by atoms with Gasteiger partial charge < -0.3 is 14.2 Å². The second kappa shape index (κ2) is 14.8. The highest BCUT2D eigenvalue weighted by atomic mass is 15.2. The Morgan fingerprint density at radius 3 is 1.66 bits per heavy atom. The minimum atomic E-state index is -0.126. The number of hydrogen-bond acceptors (Lipinski definition) is 3. The molecule has 2 aliphatic rings. The van der Waals surface area contributed by atoms with Crippen molar-refractivity contribution in [2.24, 2.45) is 0 Å². The lowest BCUT2D eigenvalue weighted by Crippen LogP contribution is -2.61. The minimum Gasteiger partial charge on any atom is -0.311 e. The predicted molar refractivity (Wildman–Crippen MR) is 280 cm³/mol. The van der Waals surface area contributed by atoms with Gasteiger partial charge in [0.2, 0.25) is 0 Å². The monoisotopic (exact) mass is 844 g/mol. The summed E-state index contributed by atoms with van der Waals surface area (Å²) in [5.74, 6) is 1.20. The summed E-state index contributed by atoms with van der Waals surface area (Å²) < 4.78 is 2.47. The number of rotatable bonds is 5. The van der Waals surface area contributed by atoms with E-state index in [0.717, 1.165) is 28.4 Å². The molecule has 0 bridgehead atoms. The summed E-state index contributed by atoms with van der Waals surface area (Å²) in [6.07, 6.45) is 2.39. The highest BCUT2D eigenvalue weighted by Gasteiger charge is 2.46. The van der Waals surface area contributed by atoms with E-state index in [4.69, 9.17) is 0 Å². The van der Waals surface area contributed by atoms with Crippen molar-refractivity contribution in [1.82, 2.24) is 4.40 Å². The zero-order valence-corrected chi connectivity index (χ0v) is 39.2. The van der Waals surface area contributed by atoms with E-state index in [0.29, 0.717) is 0 Å². The number of aromatic nitrogens is 1. The van der Waals surface area contributed by atoms with Crippen LogP contribution in [0.4, 0.5) is 51.3 Å². The molecule has 0 amide bonds. The van der Waals surface area contributed by atoms with Crippen LogP contribution in [-0.4, -0.2) is 11.1 Å². The molecule has 0 atom stereocenters. The van der Waals surface area contributed by atoms with Gasteiger partial charge in [-0.3, -0.25) is 4.90 Å². The quantitative estimate of drug-likeness (QED) is 0.160. The molecular weight excluding hydrogens is 787 g/mol. The van der Waals surface area contributed by atoms with Crippen molar-refractivity contribution in [2.45, 2.75) is 78.6 Å². The molecule has 65 heavy (non-hydrogen) atoms. The lowest BCUT2D eigenvalue weighted by molar-refractivity contribution is 0.586. The highest BCUT2D eigenvalue weighted by Crippen LogP contribution is 2.48. The molecule has 7 aromatic carbocycles. The number of hydrogen-bond donors (Lipinski definition) is 0. The van der Waals surface area contributed by atoms with Gasteiger partial charge in [0.05, 0.1) is 5.69 Å². The second-order valence-corrected chi connectivity index (χ2v) is 21.2. The molecule has 0 aliphatic carbocycles. The summed E-state index contributed by atoms with van der Waals surface area (Å²) in [6, 6.07) is 66.0. The van der Waals surface area contributed by atoms with E-state index in [1.165, 1.54) is 72.2 Å². The number of anilines is 9. The predicted octanol–water partition coefficient (Wildman–Crippen LogP) is 14.5. The molecule has 0 unspecified atom stereocenters. The van der Waals surface area contributed by atoms with Crippen LogP contribution in [-0.2, 0) is 16.2 Å². The van der Waals surface area contributed by atoms with Crippen LogP contribution in [0.25, 0.3) is 16.3 Å². The maximum absolute atomic E-state index is 2.55. The van der Waals surface area contributed by atoms with Gasteiger partial charge in [-0.25, -0.2) is 0 Å². The molecule has 0 fully saturated rings. The molecule has 0 spiro atoms. The van der Waals surface area contributed by atoms with Crippen LogP contribution in [0.1, 0.15) is 79.0 Å². The Labute approximate surface area is 385 Å². The average Bonchev–Trinajstić information content (AvgIpc) is 3.67. The largest absolute Gasteiger partial charge is 0.311 e. The van der Waals surface area contributed by atoms with E-state index in [1.807, 2.05) is 0 Å². The SMILES string of the molecule is CC(C)(C)c1ccc(N(c2ccc3c(c2)N(c2ccccc2)c2cc(C(C)(C)C)cc4c2B3c2cc3ccc(C(C)(C)C)cn3c2N4c2ccccc2)c2cccc3ccccc23)cc1. The molecular formula is C60H57BN4. The van der Waals surface area contributed by atoms with Crippen LogP contribution < -0.4 is 31.1 Å². The lowest BCUT2D eigenvalue weighted by Gasteiger charge is -2.44. The van der Waals surface area contributed by atoms with Gasteiger partial charge in [-0.15, -0.1) is 0 Å². The van der Waals surface area contributed by atoms with Crippen LogP contribution in [0, 0.1) is 0 Å². The number of para-hydroxylation sites is 2. The van der Waals surface area contributed by atoms with Gasteiger partial charge in [0.1, 0.15) is 5.82 Å². The molecule has 2 aromatic heterocycles. The van der Waals surface area contributed by atoms with Gasteiger partial charge in [-0.1, -0.05) is 159 Å². The summed E-state index contributed by atoms with van der Waals surface area (Å²) in [7, 11) is 0. The number of nitrogens with zero attached hydrogens (tertiary/aromatic N) is 4. The molecule has 320 valence electrons. The lowest BCUT2D eigenvalue weighted by atomic mass is 9.34. The fraction of sp³-hybridized carbons (Fsp3) is 0.200. The number of benzene rings is 7. The third kappa shape index (κ3) is 6.74. The van der Waals surface area contributed by atoms with E-state index in [2.05, 4.69) is 264 Å². The molecule has 0 radical (unpaired) electrons. The molecule has 0 saturated carbocycles. The zero-order valence-electron chi connectivity index (χ0n) is 39.2. The van der Waals surface area contributed by atoms with Crippen LogP contribution in [0.2, 0.25) is 0 Å². The second-order valence-electron chi connectivity index (χ2n) is 21.2. The third-order valence-corrected chi connectivity index (χ3v) is 13.8. The molecule has 2 aliphatic heterocycles. The van der Waals surface area contributed by atoms with E-state index in [9.17, 15) is 0 Å². The first-order valence-corrected chi connectivity index (χ1v) is 23.2. The van der Waals surface area contributed by atoms with Gasteiger partial charge in [0, 0.05) is 56.9 Å². The summed E-state index contributed by atoms with van der Waals surface area (Å²) >= 11 is 0. The van der Waals surface area contributed by atoms with Gasteiger partial charge >= 0.3 is 0 Å². The molecule has 4 heterocycles. The highest BCUT2D eigenvalue weighted by molar-refractivity contribution is 7.00. The Morgan fingerprint density at radius 2 is 1.00 bits per heavy atom. The van der Waals surface area contributed by atoms with Crippen molar-refractivity contribution in [1.29, 1.82) is 0 Å². The summed E-state index contributed by atoms with van der Waals surface area (Å²) in [4.78, 5) is 7.56. The van der Waals surface area contributed by atoms with E-state index >= 15 is 0 Å². The van der Waals surface area contributed by atoms with Gasteiger partial charge in [0.15, 0.2) is 0 Å². The Bertz CT molecular complexity index is 3270. The average molecular weight is 845 g/mol. The minimum absolute atomic E-state index is 0.0187. The normalized spacial score (nSPS) is 13.5. The molecule has 11 rings (SSSR count). The van der Waals surface area contributed by atoms with Gasteiger partial charge in [-0.2, -0.15) is 0 Å². The summed E-state index contributed by atoms with van der Waals surface area (Å²) in [6.45, 7) is 20.8. The first-order valence-electron chi connectivity index (χ1n) is 23.2. The fourth-order valence-corrected chi connectivity index (χ4v) is 10.3. The van der Waals surface area contributed by atoms with Gasteiger partial charge in [0.25, 0.3) is 6.71 Å². The van der Waals surface area contributed by atoms with Crippen molar-refractivity contribution in [3.63, 3.8) is 0 Å². The third-order valence-electron chi connectivity index (χ3n) is 13.8. The number of fused-ring (bicyclic) bond motifs is 7. The summed E-state index contributed by atoms with van der Waals surface area (Å²) in [5, 5.41) is 2.43. The first kappa shape index (κ1) is 40.8. The van der Waals surface area contributed by atoms with Crippen LogP contribution >= 0.6 is 0 Å². The Hall–Kier alpha value is -6.98. The smallest absolute Gasteiger partial charge is 0.254 e. The Kier molecular flexibility index (Phi) is 9.28. The molecule has 5 heteroatoms. The van der Waals surface area contributed by atoms with E-state index < -0.39 is 0 Å². The fourth-order valence-electron chi connectivity index (χ4n) is 10.3. The first-order chi connectivity index (χ1) is 31.1. The van der Waals surface area contributed by atoms with E-state index in [-0.39, 0.29) is 23.0 Å². The molecule has 9 aromatic rings. The summed E-state index contributed by atoms with van der Waals surface area (Å²) in [5.41, 5.74) is 18.2.